The molecule has 1 amide bonds. The summed E-state index contributed by atoms with van der Waals surface area (Å²) in [5, 5.41) is 25.7. The fourth-order valence-electron chi connectivity index (χ4n) is 6.68. The molecular formula is C30H37NO6. The third-order valence-electron chi connectivity index (χ3n) is 8.53. The van der Waals surface area contributed by atoms with Gasteiger partial charge >= 0.3 is 5.97 Å². The highest BCUT2D eigenvalue weighted by Gasteiger charge is 2.68. The molecule has 3 aliphatic rings. The van der Waals surface area contributed by atoms with Gasteiger partial charge in [-0.1, -0.05) is 62.9 Å². The summed E-state index contributed by atoms with van der Waals surface area (Å²) in [5.41, 5.74) is -1.55. The predicted octanol–water partition coefficient (Wildman–Crippen LogP) is 2.92. The number of rotatable bonds is 3. The Balaban J connectivity index is 1.94. The molecule has 1 aromatic rings. The Labute approximate surface area is 218 Å². The third-order valence-corrected chi connectivity index (χ3v) is 8.53. The summed E-state index contributed by atoms with van der Waals surface area (Å²) in [7, 11) is 0. The van der Waals surface area contributed by atoms with Gasteiger partial charge in [0.25, 0.3) is 0 Å². The van der Waals surface area contributed by atoms with Crippen LogP contribution in [0.4, 0.5) is 0 Å². The molecule has 4 rings (SSSR count). The molecule has 1 aliphatic heterocycles. The van der Waals surface area contributed by atoms with E-state index in [1.807, 2.05) is 37.3 Å². The first-order valence-electron chi connectivity index (χ1n) is 12.9. The molecule has 198 valence electrons. The van der Waals surface area contributed by atoms with Crippen molar-refractivity contribution in [2.45, 2.75) is 64.4 Å². The maximum Gasteiger partial charge on any atom is 0.303 e. The lowest BCUT2D eigenvalue weighted by Gasteiger charge is -2.52. The summed E-state index contributed by atoms with van der Waals surface area (Å²) < 4.78 is 5.81. The third kappa shape index (κ3) is 4.59. The van der Waals surface area contributed by atoms with Gasteiger partial charge < -0.3 is 20.3 Å². The van der Waals surface area contributed by atoms with Gasteiger partial charge in [-0.15, -0.1) is 0 Å². The number of benzene rings is 1. The number of carbonyl (C=O) groups excluding carboxylic acids is 3. The number of allylic oxidation sites excluding steroid dienone is 1. The average Bonchev–Trinajstić information content (AvgIpc) is 3.13. The molecule has 1 aromatic carbocycles. The summed E-state index contributed by atoms with van der Waals surface area (Å²) in [6.45, 7) is 10.5. The topological polar surface area (TPSA) is 113 Å². The molecule has 2 fully saturated rings. The molecule has 2 aliphatic carbocycles. The zero-order valence-corrected chi connectivity index (χ0v) is 21.9. The monoisotopic (exact) mass is 507 g/mol. The minimum atomic E-state index is -1.82. The zero-order valence-electron chi connectivity index (χ0n) is 21.9. The van der Waals surface area contributed by atoms with Gasteiger partial charge in [0.15, 0.2) is 5.78 Å². The number of Topliss-reactive ketones (excluding diaryl/α,β-unsaturated/α-hetero) is 1. The molecule has 1 spiro atoms. The van der Waals surface area contributed by atoms with Crippen LogP contribution in [0.2, 0.25) is 0 Å². The van der Waals surface area contributed by atoms with Gasteiger partial charge in [-0.05, 0) is 49.0 Å². The molecule has 37 heavy (non-hydrogen) atoms. The molecule has 1 saturated heterocycles. The van der Waals surface area contributed by atoms with Crippen LogP contribution in [0.1, 0.15) is 39.7 Å². The molecule has 1 saturated carbocycles. The Kier molecular flexibility index (Phi) is 7.32. The Morgan fingerprint density at radius 1 is 1.19 bits per heavy atom. The van der Waals surface area contributed by atoms with Crippen LogP contribution in [0.25, 0.3) is 0 Å². The summed E-state index contributed by atoms with van der Waals surface area (Å²) in [6, 6.07) is 9.49. The maximum atomic E-state index is 14.2. The lowest BCUT2D eigenvalue weighted by molar-refractivity contribution is -0.166. The normalized spacial score (nSPS) is 39.8. The number of ether oxygens (including phenoxy) is 1. The van der Waals surface area contributed by atoms with Crippen LogP contribution in [-0.2, 0) is 25.5 Å². The lowest BCUT2D eigenvalue weighted by atomic mass is 9.51. The summed E-state index contributed by atoms with van der Waals surface area (Å²) >= 11 is 0. The second-order valence-corrected chi connectivity index (χ2v) is 11.0. The highest BCUT2D eigenvalue weighted by molar-refractivity contribution is 5.91. The predicted molar refractivity (Wildman–Crippen MR) is 139 cm³/mol. The standard InChI is InChI=1S/C30H37NO6/c1-17-10-9-13-22-26(33)19(3)18(2)25-23(16-21-11-7-6-8-12-21)31-28(35)30(22,25)24(37-20(4)32)14-15-29(5,36)27(17)34/h6-9,11-15,17-18,22-26,33,36H,3,10,16H2,1-2,4-5H3,(H,31,35)/t17-,18-,22-,23-,24+,25-,26+,29+,30+/m0/s1. The van der Waals surface area contributed by atoms with E-state index in [2.05, 4.69) is 11.9 Å². The highest BCUT2D eigenvalue weighted by atomic mass is 16.5. The number of nitrogens with one attached hydrogen (secondary N) is 1. The molecule has 0 radical (unpaired) electrons. The second kappa shape index (κ2) is 10.0. The first-order chi connectivity index (χ1) is 17.4. The molecule has 7 heteroatoms. The van der Waals surface area contributed by atoms with E-state index in [-0.39, 0.29) is 23.7 Å². The molecule has 0 unspecified atom stereocenters. The van der Waals surface area contributed by atoms with E-state index < -0.39 is 46.9 Å². The maximum absolute atomic E-state index is 14.2. The SMILES string of the molecule is C=C1[C@@H](O)[C@@H]2C=CC[C@H](C)C(=O)[C@](C)(O)C=C[C@@H](OC(C)=O)[C@]23C(=O)N[C@@H](Cc2ccccc2)[C@@H]3[C@H]1C. The van der Waals surface area contributed by atoms with Gasteiger partial charge in [-0.3, -0.25) is 14.4 Å². The Bertz CT molecular complexity index is 1140. The quantitative estimate of drug-likeness (QED) is 0.428. The van der Waals surface area contributed by atoms with Gasteiger partial charge in [-0.25, -0.2) is 0 Å². The van der Waals surface area contributed by atoms with Gasteiger partial charge in [0.1, 0.15) is 17.1 Å². The van der Waals surface area contributed by atoms with Crippen molar-refractivity contribution in [3.05, 3.63) is 72.4 Å². The van der Waals surface area contributed by atoms with Crippen molar-refractivity contribution in [3.8, 4) is 0 Å². The van der Waals surface area contributed by atoms with Gasteiger partial charge in [0, 0.05) is 30.7 Å². The zero-order chi connectivity index (χ0) is 27.1. The number of ketones is 1. The summed E-state index contributed by atoms with van der Waals surface area (Å²) in [5.74, 6) is -3.26. The van der Waals surface area contributed by atoms with Crippen LogP contribution in [0, 0.1) is 29.1 Å². The van der Waals surface area contributed by atoms with Crippen molar-refractivity contribution in [1.29, 1.82) is 0 Å². The number of carbonyl (C=O) groups is 3. The van der Waals surface area contributed by atoms with Crippen molar-refractivity contribution in [2.75, 3.05) is 0 Å². The number of hydrogen-bond donors (Lipinski definition) is 3. The lowest BCUT2D eigenvalue weighted by Crippen LogP contribution is -2.60. The molecule has 3 N–H and O–H groups in total. The fraction of sp³-hybridized carbons (Fsp3) is 0.500. The number of hydrogen-bond acceptors (Lipinski definition) is 6. The van der Waals surface area contributed by atoms with E-state index in [0.717, 1.165) is 5.56 Å². The van der Waals surface area contributed by atoms with Crippen LogP contribution < -0.4 is 5.32 Å². The van der Waals surface area contributed by atoms with Crippen molar-refractivity contribution < 1.29 is 29.3 Å². The first kappa shape index (κ1) is 27.0. The minimum Gasteiger partial charge on any atom is -0.457 e. The van der Waals surface area contributed by atoms with E-state index in [4.69, 9.17) is 4.74 Å². The number of aliphatic hydroxyl groups excluding tert-OH is 1. The Morgan fingerprint density at radius 3 is 2.51 bits per heavy atom. The average molecular weight is 508 g/mol. The number of esters is 1. The molecular weight excluding hydrogens is 470 g/mol. The van der Waals surface area contributed by atoms with Gasteiger partial charge in [-0.2, -0.15) is 0 Å². The van der Waals surface area contributed by atoms with Crippen LogP contribution in [-0.4, -0.2) is 51.7 Å². The molecule has 1 heterocycles. The molecule has 0 bridgehead atoms. The van der Waals surface area contributed by atoms with Crippen molar-refractivity contribution in [2.24, 2.45) is 29.1 Å². The summed E-state index contributed by atoms with van der Waals surface area (Å²) in [6.07, 6.45) is 5.01. The van der Waals surface area contributed by atoms with Gasteiger partial charge in [0.05, 0.1) is 6.10 Å². The second-order valence-electron chi connectivity index (χ2n) is 11.0. The van der Waals surface area contributed by atoms with Crippen LogP contribution in [0.5, 0.6) is 0 Å². The van der Waals surface area contributed by atoms with E-state index in [1.54, 1.807) is 19.1 Å². The molecule has 7 nitrogen and oxygen atoms in total. The van der Waals surface area contributed by atoms with E-state index in [0.29, 0.717) is 18.4 Å². The van der Waals surface area contributed by atoms with Crippen molar-refractivity contribution in [1.82, 2.24) is 5.32 Å². The Hall–Kier alpha value is -3.03. The van der Waals surface area contributed by atoms with Crippen LogP contribution in [0.3, 0.4) is 0 Å². The minimum absolute atomic E-state index is 0.287. The first-order valence-corrected chi connectivity index (χ1v) is 12.9. The highest BCUT2D eigenvalue weighted by Crippen LogP contribution is 2.58. The van der Waals surface area contributed by atoms with Crippen molar-refractivity contribution in [3.63, 3.8) is 0 Å². The smallest absolute Gasteiger partial charge is 0.303 e. The molecule has 0 aromatic heterocycles. The van der Waals surface area contributed by atoms with E-state index in [9.17, 15) is 24.6 Å². The Morgan fingerprint density at radius 2 is 1.86 bits per heavy atom. The fourth-order valence-corrected chi connectivity index (χ4v) is 6.68. The van der Waals surface area contributed by atoms with Crippen LogP contribution >= 0.6 is 0 Å². The molecule has 9 atom stereocenters. The largest absolute Gasteiger partial charge is 0.457 e. The van der Waals surface area contributed by atoms with Crippen LogP contribution in [0.15, 0.2) is 66.8 Å². The van der Waals surface area contributed by atoms with Crippen molar-refractivity contribution >= 4 is 17.7 Å². The summed E-state index contributed by atoms with van der Waals surface area (Å²) in [4.78, 5) is 39.5. The van der Waals surface area contributed by atoms with E-state index in [1.165, 1.54) is 26.0 Å². The van der Waals surface area contributed by atoms with Gasteiger partial charge in [0.2, 0.25) is 5.91 Å². The van der Waals surface area contributed by atoms with E-state index >= 15 is 0 Å². The number of aliphatic hydroxyl groups is 2. The number of amides is 1.